The van der Waals surface area contributed by atoms with Crippen LogP contribution < -0.4 is 10.2 Å². The molecule has 24 heavy (non-hydrogen) atoms. The first kappa shape index (κ1) is 18.5. The number of carbonyl (C=O) groups excluding carboxylic acids is 1. The molecule has 1 aliphatic heterocycles. The third-order valence-corrected chi connectivity index (χ3v) is 4.58. The molecule has 1 aromatic rings. The van der Waals surface area contributed by atoms with Crippen molar-refractivity contribution in [2.75, 3.05) is 25.1 Å². The van der Waals surface area contributed by atoms with Crippen LogP contribution in [0.4, 0.5) is 9.93 Å². The second kappa shape index (κ2) is 7.35. The molecule has 9 heteroatoms. The van der Waals surface area contributed by atoms with E-state index in [4.69, 9.17) is 14.6 Å². The van der Waals surface area contributed by atoms with Crippen molar-refractivity contribution >= 4 is 28.5 Å². The molecule has 2 heterocycles. The topological polar surface area (TPSA) is 101 Å². The summed E-state index contributed by atoms with van der Waals surface area (Å²) in [5.41, 5.74) is -0.554. The minimum atomic E-state index is -0.983. The van der Waals surface area contributed by atoms with E-state index in [9.17, 15) is 9.59 Å². The van der Waals surface area contributed by atoms with Gasteiger partial charge in [0.15, 0.2) is 5.13 Å². The number of aromatic nitrogens is 1. The fourth-order valence-corrected chi connectivity index (χ4v) is 3.25. The van der Waals surface area contributed by atoms with Crippen molar-refractivity contribution in [2.45, 2.75) is 44.9 Å². The Bertz CT molecular complexity index is 598. The zero-order valence-corrected chi connectivity index (χ0v) is 15.1. The third-order valence-electron chi connectivity index (χ3n) is 3.54. The predicted octanol–water partition coefficient (Wildman–Crippen LogP) is 1.96. The van der Waals surface area contributed by atoms with Gasteiger partial charge in [0, 0.05) is 20.2 Å². The van der Waals surface area contributed by atoms with Crippen LogP contribution in [0, 0.1) is 0 Å². The smallest absolute Gasteiger partial charge is 0.407 e. The van der Waals surface area contributed by atoms with Gasteiger partial charge >= 0.3 is 12.1 Å². The average molecular weight is 357 g/mol. The highest BCUT2D eigenvalue weighted by Crippen LogP contribution is 2.26. The molecule has 0 saturated carbocycles. The number of carbonyl (C=O) groups is 2. The normalized spacial score (nSPS) is 21.4. The first-order valence-corrected chi connectivity index (χ1v) is 8.47. The molecule has 0 unspecified atom stereocenters. The maximum Gasteiger partial charge on any atom is 0.407 e. The van der Waals surface area contributed by atoms with Crippen molar-refractivity contribution in [1.82, 2.24) is 10.3 Å². The second-order valence-corrected chi connectivity index (χ2v) is 7.58. The molecule has 0 aromatic carbocycles. The molecule has 2 rings (SSSR count). The Labute approximate surface area is 144 Å². The third kappa shape index (κ3) is 4.81. The van der Waals surface area contributed by atoms with Crippen molar-refractivity contribution in [3.63, 3.8) is 0 Å². The van der Waals surface area contributed by atoms with Gasteiger partial charge in [0.2, 0.25) is 0 Å². The number of carboxylic acid groups (broad SMARTS) is 1. The maximum atomic E-state index is 11.9. The lowest BCUT2D eigenvalue weighted by atomic mass is 10.0. The molecule has 0 radical (unpaired) electrons. The van der Waals surface area contributed by atoms with Gasteiger partial charge in [0.1, 0.15) is 10.5 Å². The van der Waals surface area contributed by atoms with Gasteiger partial charge in [-0.2, -0.15) is 0 Å². The first-order valence-electron chi connectivity index (χ1n) is 7.66. The molecular formula is C15H23N3O5S. The number of thiazole rings is 1. The molecule has 2 N–H and O–H groups in total. The van der Waals surface area contributed by atoms with E-state index in [1.807, 2.05) is 25.7 Å². The van der Waals surface area contributed by atoms with E-state index >= 15 is 0 Å². The Morgan fingerprint density at radius 3 is 2.71 bits per heavy atom. The fraction of sp³-hybridized carbons (Fsp3) is 0.667. The summed E-state index contributed by atoms with van der Waals surface area (Å²) in [7, 11) is 1.59. The summed E-state index contributed by atoms with van der Waals surface area (Å²) < 4.78 is 10.8. The van der Waals surface area contributed by atoms with E-state index in [0.29, 0.717) is 24.6 Å². The van der Waals surface area contributed by atoms with Crippen LogP contribution in [0.5, 0.6) is 0 Å². The van der Waals surface area contributed by atoms with Crippen LogP contribution in [0.25, 0.3) is 0 Å². The summed E-state index contributed by atoms with van der Waals surface area (Å²) in [4.78, 5) is 29.2. The van der Waals surface area contributed by atoms with E-state index in [1.54, 1.807) is 7.11 Å². The Morgan fingerprint density at radius 1 is 1.46 bits per heavy atom. The molecule has 0 spiro atoms. The second-order valence-electron chi connectivity index (χ2n) is 6.57. The Hall–Kier alpha value is -1.87. The monoisotopic (exact) mass is 357 g/mol. The van der Waals surface area contributed by atoms with Crippen LogP contribution in [0.3, 0.4) is 0 Å². The van der Waals surface area contributed by atoms with Gasteiger partial charge in [0.05, 0.1) is 18.3 Å². The minimum absolute atomic E-state index is 0.167. The molecule has 8 nitrogen and oxygen atoms in total. The molecule has 1 amide bonds. The van der Waals surface area contributed by atoms with E-state index in [1.165, 1.54) is 6.20 Å². The number of hydrogen-bond acceptors (Lipinski definition) is 7. The molecule has 0 bridgehead atoms. The molecule has 1 fully saturated rings. The lowest BCUT2D eigenvalue weighted by Crippen LogP contribution is -2.55. The number of rotatable bonds is 4. The highest BCUT2D eigenvalue weighted by Gasteiger charge is 2.33. The van der Waals surface area contributed by atoms with Crippen LogP contribution >= 0.6 is 11.3 Å². The predicted molar refractivity (Wildman–Crippen MR) is 89.9 cm³/mol. The van der Waals surface area contributed by atoms with Crippen molar-refractivity contribution in [1.29, 1.82) is 0 Å². The fourth-order valence-electron chi connectivity index (χ4n) is 2.46. The van der Waals surface area contributed by atoms with Crippen LogP contribution in [-0.2, 0) is 9.47 Å². The largest absolute Gasteiger partial charge is 0.477 e. The number of alkyl carbamates (subject to hydrolysis) is 1. The van der Waals surface area contributed by atoms with Gasteiger partial charge < -0.3 is 24.8 Å². The number of carboxylic acids is 1. The SMILES string of the molecule is CO[C@@H]1CN(c2ncc(C(=O)O)s2)CC[C@H]1NC(=O)OC(C)(C)C. The van der Waals surface area contributed by atoms with Crippen molar-refractivity contribution in [3.8, 4) is 0 Å². The molecule has 1 saturated heterocycles. The number of aromatic carboxylic acids is 1. The van der Waals surface area contributed by atoms with Gasteiger partial charge in [-0.25, -0.2) is 14.6 Å². The molecule has 1 aromatic heterocycles. The number of hydrogen-bond donors (Lipinski definition) is 2. The van der Waals surface area contributed by atoms with E-state index in [2.05, 4.69) is 10.3 Å². The summed E-state index contributed by atoms with van der Waals surface area (Å²) in [5.74, 6) is -0.983. The summed E-state index contributed by atoms with van der Waals surface area (Å²) in [6.07, 6.45) is 1.31. The van der Waals surface area contributed by atoms with E-state index in [-0.39, 0.29) is 17.0 Å². The number of piperidine rings is 1. The number of amides is 1. The highest BCUT2D eigenvalue weighted by atomic mass is 32.1. The van der Waals surface area contributed by atoms with Crippen molar-refractivity contribution in [2.24, 2.45) is 0 Å². The summed E-state index contributed by atoms with van der Waals surface area (Å²) in [6, 6.07) is -0.167. The summed E-state index contributed by atoms with van der Waals surface area (Å²) in [5, 5.41) is 12.5. The van der Waals surface area contributed by atoms with Crippen LogP contribution in [-0.4, -0.2) is 60.1 Å². The van der Waals surface area contributed by atoms with E-state index < -0.39 is 17.7 Å². The number of nitrogens with one attached hydrogen (secondary N) is 1. The average Bonchev–Trinajstić information content (AvgIpc) is 2.95. The number of methoxy groups -OCH3 is 1. The number of ether oxygens (including phenoxy) is 2. The zero-order valence-electron chi connectivity index (χ0n) is 14.2. The van der Waals surface area contributed by atoms with Gasteiger partial charge in [-0.1, -0.05) is 11.3 Å². The minimum Gasteiger partial charge on any atom is -0.477 e. The van der Waals surface area contributed by atoms with Crippen LogP contribution in [0.1, 0.15) is 36.9 Å². The highest BCUT2D eigenvalue weighted by molar-refractivity contribution is 7.17. The van der Waals surface area contributed by atoms with Gasteiger partial charge in [-0.15, -0.1) is 0 Å². The molecular weight excluding hydrogens is 334 g/mol. The summed E-state index contributed by atoms with van der Waals surface area (Å²) in [6.45, 7) is 6.60. The Balaban J connectivity index is 1.97. The van der Waals surface area contributed by atoms with Crippen LogP contribution in [0.2, 0.25) is 0 Å². The lowest BCUT2D eigenvalue weighted by Gasteiger charge is -2.38. The van der Waals surface area contributed by atoms with E-state index in [0.717, 1.165) is 11.3 Å². The Kier molecular flexibility index (Phi) is 5.66. The van der Waals surface area contributed by atoms with Crippen molar-refractivity contribution in [3.05, 3.63) is 11.1 Å². The molecule has 134 valence electrons. The molecule has 0 aliphatic carbocycles. The number of nitrogens with zero attached hydrogens (tertiary/aromatic N) is 2. The number of anilines is 1. The summed E-state index contributed by atoms with van der Waals surface area (Å²) >= 11 is 1.13. The quantitative estimate of drug-likeness (QED) is 0.849. The van der Waals surface area contributed by atoms with Gasteiger partial charge in [-0.3, -0.25) is 0 Å². The van der Waals surface area contributed by atoms with Gasteiger partial charge in [0.25, 0.3) is 0 Å². The van der Waals surface area contributed by atoms with Gasteiger partial charge in [-0.05, 0) is 27.2 Å². The standard InChI is InChI=1S/C15H23N3O5S/c1-15(2,3)23-14(21)17-9-5-6-18(8-10(9)22-4)13-16-7-11(24-13)12(19)20/h7,9-10H,5-6,8H2,1-4H3,(H,17,21)(H,19,20)/t9-,10-/m1/s1. The maximum absolute atomic E-state index is 11.9. The zero-order chi connectivity index (χ0) is 17.9. The first-order chi connectivity index (χ1) is 11.2. The lowest BCUT2D eigenvalue weighted by molar-refractivity contribution is 0.0298. The van der Waals surface area contributed by atoms with Crippen LogP contribution in [0.15, 0.2) is 6.20 Å². The Morgan fingerprint density at radius 2 is 2.17 bits per heavy atom. The molecule has 2 atom stereocenters. The molecule has 1 aliphatic rings. The van der Waals surface area contributed by atoms with Crippen molar-refractivity contribution < 1.29 is 24.2 Å².